The Kier molecular flexibility index (Phi) is 6.41. The van der Waals surface area contributed by atoms with Crippen LogP contribution in [0, 0.1) is 0 Å². The Balaban J connectivity index is 1.54. The van der Waals surface area contributed by atoms with Crippen LogP contribution in [0.25, 0.3) is 55.6 Å². The highest BCUT2D eigenvalue weighted by molar-refractivity contribution is 7.90. The maximum Gasteiger partial charge on any atom is 0.148 e. The van der Waals surface area contributed by atoms with Gasteiger partial charge in [-0.25, -0.2) is 18.4 Å². The largest absolute Gasteiger partial charge is 0.256 e. The highest BCUT2D eigenvalue weighted by atomic mass is 32.2. The molecule has 1 atom stereocenters. The molecule has 0 aliphatic rings. The third-order valence-corrected chi connectivity index (χ3v) is 8.02. The Hall–Kier alpha value is -4.42. The van der Waals surface area contributed by atoms with Crippen molar-refractivity contribution in [1.29, 1.82) is 0 Å². The number of fused-ring (bicyclic) bond motifs is 2. The van der Waals surface area contributed by atoms with Crippen molar-refractivity contribution < 1.29 is 8.42 Å². The first kappa shape index (κ1) is 24.9. The van der Waals surface area contributed by atoms with E-state index in [0.717, 1.165) is 61.1 Å². The third-order valence-electron chi connectivity index (χ3n) is 6.91. The van der Waals surface area contributed by atoms with Gasteiger partial charge in [0.05, 0.1) is 33.7 Å². The van der Waals surface area contributed by atoms with Crippen molar-refractivity contribution in [1.82, 2.24) is 15.0 Å². The molecule has 5 nitrogen and oxygen atoms in total. The average Bonchev–Trinajstić information content (AvgIpc) is 2.95. The number of sulfone groups is 1. The normalized spacial score (nSPS) is 12.6. The molecule has 1 unspecified atom stereocenters. The second-order valence-corrected chi connectivity index (χ2v) is 12.2. The molecule has 0 fully saturated rings. The molecular formula is C33H27N3O2S. The molecule has 0 spiro atoms. The second-order valence-electron chi connectivity index (χ2n) is 9.99. The molecule has 0 saturated carbocycles. The lowest BCUT2D eigenvalue weighted by Gasteiger charge is -2.16. The second kappa shape index (κ2) is 10.0. The number of rotatable bonds is 6. The van der Waals surface area contributed by atoms with E-state index in [4.69, 9.17) is 15.0 Å². The molecule has 4 aromatic carbocycles. The number of hydrogen-bond donors (Lipinski definition) is 0. The minimum Gasteiger partial charge on any atom is -0.256 e. The van der Waals surface area contributed by atoms with Crippen molar-refractivity contribution in [3.05, 3.63) is 115 Å². The first-order chi connectivity index (χ1) is 18.9. The summed E-state index contributed by atoms with van der Waals surface area (Å²) in [6.07, 6.45) is 3.07. The van der Waals surface area contributed by atoms with Crippen molar-refractivity contribution in [2.45, 2.75) is 12.8 Å². The smallest absolute Gasteiger partial charge is 0.148 e. The molecule has 0 aliphatic carbocycles. The monoisotopic (exact) mass is 529 g/mol. The summed E-state index contributed by atoms with van der Waals surface area (Å²) in [7, 11) is -3.12. The molecule has 2 aromatic heterocycles. The molecule has 0 amide bonds. The molecule has 0 bridgehead atoms. The van der Waals surface area contributed by atoms with Crippen molar-refractivity contribution in [3.63, 3.8) is 0 Å². The number of benzene rings is 4. The summed E-state index contributed by atoms with van der Waals surface area (Å²) in [4.78, 5) is 14.8. The van der Waals surface area contributed by atoms with Gasteiger partial charge in [-0.05, 0) is 53.4 Å². The van der Waals surface area contributed by atoms with Gasteiger partial charge >= 0.3 is 0 Å². The van der Waals surface area contributed by atoms with E-state index >= 15 is 0 Å². The number of pyridine rings is 1. The van der Waals surface area contributed by atoms with E-state index in [9.17, 15) is 8.42 Å². The molecular weight excluding hydrogens is 502 g/mol. The van der Waals surface area contributed by atoms with E-state index in [1.54, 1.807) is 6.20 Å². The zero-order valence-corrected chi connectivity index (χ0v) is 22.6. The Morgan fingerprint density at radius 1 is 0.692 bits per heavy atom. The van der Waals surface area contributed by atoms with Gasteiger partial charge in [0, 0.05) is 34.5 Å². The van der Waals surface area contributed by atoms with Crippen LogP contribution in [0.15, 0.2) is 109 Å². The van der Waals surface area contributed by atoms with Gasteiger partial charge in [-0.3, -0.25) is 4.98 Å². The van der Waals surface area contributed by atoms with Crippen LogP contribution in [0.1, 0.15) is 18.4 Å². The Bertz CT molecular complexity index is 1940. The number of nitrogens with zero attached hydrogens (tertiary/aromatic N) is 3. The van der Waals surface area contributed by atoms with Crippen molar-refractivity contribution in [2.75, 3.05) is 12.0 Å². The van der Waals surface area contributed by atoms with Crippen LogP contribution in [0.5, 0.6) is 0 Å². The average molecular weight is 530 g/mol. The van der Waals surface area contributed by atoms with Gasteiger partial charge in [0.1, 0.15) is 9.84 Å². The van der Waals surface area contributed by atoms with Gasteiger partial charge in [0.15, 0.2) is 0 Å². The lowest BCUT2D eigenvalue weighted by Crippen LogP contribution is -2.10. The van der Waals surface area contributed by atoms with Gasteiger partial charge < -0.3 is 0 Å². The maximum atomic E-state index is 12.1. The molecule has 0 saturated heterocycles. The predicted molar refractivity (Wildman–Crippen MR) is 159 cm³/mol. The van der Waals surface area contributed by atoms with Crippen molar-refractivity contribution in [3.8, 4) is 33.6 Å². The molecule has 6 aromatic rings. The number of hydrogen-bond acceptors (Lipinski definition) is 5. The van der Waals surface area contributed by atoms with E-state index < -0.39 is 9.84 Å². The van der Waals surface area contributed by atoms with Crippen LogP contribution in [-0.2, 0) is 9.84 Å². The summed E-state index contributed by atoms with van der Waals surface area (Å²) >= 11 is 0. The number of para-hydroxylation sites is 2. The molecule has 0 radical (unpaired) electrons. The third kappa shape index (κ3) is 5.16. The van der Waals surface area contributed by atoms with Crippen LogP contribution < -0.4 is 0 Å². The zero-order valence-electron chi connectivity index (χ0n) is 21.7. The van der Waals surface area contributed by atoms with E-state index in [-0.39, 0.29) is 11.7 Å². The van der Waals surface area contributed by atoms with E-state index in [0.29, 0.717) is 0 Å². The lowest BCUT2D eigenvalue weighted by atomic mass is 9.92. The van der Waals surface area contributed by atoms with Gasteiger partial charge in [-0.2, -0.15) is 0 Å². The van der Waals surface area contributed by atoms with Gasteiger partial charge in [-0.15, -0.1) is 0 Å². The Morgan fingerprint density at radius 3 is 2.05 bits per heavy atom. The summed E-state index contributed by atoms with van der Waals surface area (Å²) in [5, 5.41) is 0.978. The molecule has 6 rings (SSSR count). The molecule has 192 valence electrons. The predicted octanol–water partition coefficient (Wildman–Crippen LogP) is 7.33. The molecule has 0 N–H and O–H groups in total. The maximum absolute atomic E-state index is 12.1. The highest BCUT2D eigenvalue weighted by Crippen LogP contribution is 2.36. The molecule has 0 aliphatic heterocycles. The van der Waals surface area contributed by atoms with Gasteiger partial charge in [0.2, 0.25) is 0 Å². The van der Waals surface area contributed by atoms with Gasteiger partial charge in [0.25, 0.3) is 0 Å². The summed E-state index contributed by atoms with van der Waals surface area (Å²) in [5.41, 5.74) is 9.04. The fourth-order valence-corrected chi connectivity index (χ4v) is 6.20. The summed E-state index contributed by atoms with van der Waals surface area (Å²) in [6, 6.07) is 34.3. The quantitative estimate of drug-likeness (QED) is 0.226. The molecule has 39 heavy (non-hydrogen) atoms. The lowest BCUT2D eigenvalue weighted by molar-refractivity contribution is 0.596. The SMILES string of the molecule is CC(CS(C)(=O)=O)c1cc(-c2cccc(-c3nc4ccccc4nc3-c3ccccc3)c2)c2ncccc2c1. The van der Waals surface area contributed by atoms with E-state index in [1.165, 1.54) is 6.26 Å². The van der Waals surface area contributed by atoms with Crippen LogP contribution in [-0.4, -0.2) is 35.4 Å². The van der Waals surface area contributed by atoms with E-state index in [1.807, 2.05) is 73.7 Å². The van der Waals surface area contributed by atoms with Crippen LogP contribution in [0.4, 0.5) is 0 Å². The molecule has 6 heteroatoms. The topological polar surface area (TPSA) is 72.8 Å². The van der Waals surface area contributed by atoms with Crippen LogP contribution in [0.2, 0.25) is 0 Å². The van der Waals surface area contributed by atoms with Gasteiger partial charge in [-0.1, -0.05) is 73.7 Å². The van der Waals surface area contributed by atoms with Crippen LogP contribution >= 0.6 is 0 Å². The minimum atomic E-state index is -3.12. The highest BCUT2D eigenvalue weighted by Gasteiger charge is 2.18. The van der Waals surface area contributed by atoms with Crippen molar-refractivity contribution in [2.24, 2.45) is 0 Å². The Morgan fingerprint density at radius 2 is 1.33 bits per heavy atom. The van der Waals surface area contributed by atoms with Crippen LogP contribution in [0.3, 0.4) is 0 Å². The minimum absolute atomic E-state index is 0.0887. The summed E-state index contributed by atoms with van der Waals surface area (Å²) < 4.78 is 24.1. The fraction of sp³-hybridized carbons (Fsp3) is 0.121. The molecule has 2 heterocycles. The number of aromatic nitrogens is 3. The van der Waals surface area contributed by atoms with Crippen molar-refractivity contribution >= 4 is 31.8 Å². The summed E-state index contributed by atoms with van der Waals surface area (Å²) in [6.45, 7) is 1.95. The van der Waals surface area contributed by atoms with E-state index in [2.05, 4.69) is 36.4 Å². The Labute approximate surface area is 228 Å². The summed E-state index contributed by atoms with van der Waals surface area (Å²) in [5.74, 6) is -0.0617. The first-order valence-electron chi connectivity index (χ1n) is 12.9. The first-order valence-corrected chi connectivity index (χ1v) is 14.9. The zero-order chi connectivity index (χ0) is 27.0. The standard InChI is InChI=1S/C33H27N3O2S/c1-22(21-39(2,37)38)27-19-25-14-9-17-34-31(25)28(20-27)24-12-8-13-26(18-24)33-32(23-10-4-3-5-11-23)35-29-15-6-7-16-30(29)36-33/h3-20,22H,21H2,1-2H3. The fourth-order valence-electron chi connectivity index (χ4n) is 5.10.